The molecule has 1 rings (SSSR count). The molecule has 7 heteroatoms. The number of rotatable bonds is 4. The highest BCUT2D eigenvalue weighted by atomic mass is 79.9. The zero-order valence-corrected chi connectivity index (χ0v) is 13.8. The summed E-state index contributed by atoms with van der Waals surface area (Å²) in [4.78, 5) is 11.4. The van der Waals surface area contributed by atoms with Crippen LogP contribution in [0.4, 0.5) is 4.39 Å². The van der Waals surface area contributed by atoms with E-state index >= 15 is 0 Å². The first kappa shape index (κ1) is 19.1. The van der Waals surface area contributed by atoms with Gasteiger partial charge in [0.15, 0.2) is 0 Å². The lowest BCUT2D eigenvalue weighted by Gasteiger charge is -2.20. The van der Waals surface area contributed by atoms with Gasteiger partial charge in [0.1, 0.15) is 5.75 Å². The predicted octanol–water partition coefficient (Wildman–Crippen LogP) is 3.09. The van der Waals surface area contributed by atoms with E-state index in [1.807, 2.05) is 0 Å². The molecule has 2 atom stereocenters. The summed E-state index contributed by atoms with van der Waals surface area (Å²) in [5.41, 5.74) is 7.35. The molecule has 1 aromatic rings. The highest BCUT2D eigenvalue weighted by Crippen LogP contribution is 2.36. The minimum absolute atomic E-state index is 0. The zero-order valence-electron chi connectivity index (χ0n) is 11.4. The van der Waals surface area contributed by atoms with E-state index in [0.29, 0.717) is 5.56 Å². The summed E-state index contributed by atoms with van der Waals surface area (Å²) in [5.74, 6) is -1.15. The number of benzene rings is 1. The summed E-state index contributed by atoms with van der Waals surface area (Å²) in [7, 11) is 0. The number of ether oxygens (including phenoxy) is 1. The first-order chi connectivity index (χ1) is 8.81. The fourth-order valence-corrected chi connectivity index (χ4v) is 2.22. The minimum Gasteiger partial charge on any atom is -0.508 e. The number of carbonyl (C=O) groups is 1. The van der Waals surface area contributed by atoms with E-state index in [9.17, 15) is 14.3 Å². The highest BCUT2D eigenvalue weighted by Gasteiger charge is 2.31. The number of alkyl halides is 1. The number of esters is 1. The fourth-order valence-electron chi connectivity index (χ4n) is 1.89. The summed E-state index contributed by atoms with van der Waals surface area (Å²) >= 11 is 3.34. The van der Waals surface area contributed by atoms with E-state index in [1.165, 1.54) is 6.07 Å². The van der Waals surface area contributed by atoms with Crippen molar-refractivity contribution in [1.82, 2.24) is 0 Å². The molecule has 1 unspecified atom stereocenters. The second kappa shape index (κ2) is 7.81. The standard InChI is InChI=1S/C13H17BrFNO3.ClH/c1-4-19-13(18)11(15)12(16)9-7(3)10(14)6(2)5-8(9)17;/h5,11-12,17H,4,16H2,1-3H3;1H/t11?,12-;/m0./s1. The monoisotopic (exact) mass is 369 g/mol. The van der Waals surface area contributed by atoms with Gasteiger partial charge in [-0.15, -0.1) is 12.4 Å². The van der Waals surface area contributed by atoms with Gasteiger partial charge >= 0.3 is 5.97 Å². The molecule has 0 radical (unpaired) electrons. The van der Waals surface area contributed by atoms with Crippen molar-refractivity contribution in [1.29, 1.82) is 0 Å². The van der Waals surface area contributed by atoms with E-state index < -0.39 is 18.2 Å². The molecule has 0 amide bonds. The van der Waals surface area contributed by atoms with Crippen LogP contribution in [0.5, 0.6) is 5.75 Å². The second-order valence-corrected chi connectivity index (χ2v) is 5.04. The Morgan fingerprint density at radius 3 is 2.60 bits per heavy atom. The number of phenolic OH excluding ortho intramolecular Hbond substituents is 1. The molecule has 3 N–H and O–H groups in total. The van der Waals surface area contributed by atoms with Gasteiger partial charge in [-0.2, -0.15) is 0 Å². The Hall–Kier alpha value is -0.850. The molecule has 4 nitrogen and oxygen atoms in total. The zero-order chi connectivity index (χ0) is 14.7. The van der Waals surface area contributed by atoms with Gasteiger partial charge in [-0.25, -0.2) is 9.18 Å². The van der Waals surface area contributed by atoms with E-state index in [2.05, 4.69) is 20.7 Å². The maximum atomic E-state index is 13.9. The molecule has 0 saturated carbocycles. The fraction of sp³-hybridized carbons (Fsp3) is 0.462. The molecular formula is C13H18BrClFNO3. The van der Waals surface area contributed by atoms with Gasteiger partial charge in [0.2, 0.25) is 6.17 Å². The van der Waals surface area contributed by atoms with Gasteiger partial charge in [0.25, 0.3) is 0 Å². The van der Waals surface area contributed by atoms with Crippen LogP contribution < -0.4 is 5.73 Å². The summed E-state index contributed by atoms with van der Waals surface area (Å²) in [5, 5.41) is 9.91. The summed E-state index contributed by atoms with van der Waals surface area (Å²) in [6.45, 7) is 5.16. The van der Waals surface area contributed by atoms with Crippen LogP contribution in [0.1, 0.15) is 29.7 Å². The lowest BCUT2D eigenvalue weighted by Crippen LogP contribution is -2.32. The van der Waals surface area contributed by atoms with Crippen LogP contribution in [-0.2, 0) is 9.53 Å². The van der Waals surface area contributed by atoms with Gasteiger partial charge in [0.05, 0.1) is 12.6 Å². The van der Waals surface area contributed by atoms with Crippen LogP contribution in [0, 0.1) is 13.8 Å². The number of hydrogen-bond donors (Lipinski definition) is 2. The van der Waals surface area contributed by atoms with Crippen molar-refractivity contribution in [3.63, 3.8) is 0 Å². The molecular weight excluding hydrogens is 353 g/mol. The van der Waals surface area contributed by atoms with Crippen molar-refractivity contribution >= 4 is 34.3 Å². The van der Waals surface area contributed by atoms with Crippen molar-refractivity contribution in [3.8, 4) is 5.75 Å². The molecule has 0 aliphatic carbocycles. The second-order valence-electron chi connectivity index (χ2n) is 4.24. The molecule has 0 spiro atoms. The molecule has 0 aliphatic heterocycles. The molecule has 0 bridgehead atoms. The average Bonchev–Trinajstić information content (AvgIpc) is 2.35. The molecule has 0 heterocycles. The van der Waals surface area contributed by atoms with Gasteiger partial charge in [-0.1, -0.05) is 15.9 Å². The first-order valence-corrected chi connectivity index (χ1v) is 6.65. The number of phenols is 1. The van der Waals surface area contributed by atoms with Crippen molar-refractivity contribution in [2.45, 2.75) is 33.0 Å². The normalized spacial score (nSPS) is 13.3. The Morgan fingerprint density at radius 1 is 1.55 bits per heavy atom. The number of halogens is 3. The van der Waals surface area contributed by atoms with Gasteiger partial charge in [-0.3, -0.25) is 0 Å². The lowest BCUT2D eigenvalue weighted by molar-refractivity contribution is -0.149. The largest absolute Gasteiger partial charge is 0.508 e. The molecule has 0 aliphatic rings. The Balaban J connectivity index is 0.00000361. The quantitative estimate of drug-likeness (QED) is 0.799. The summed E-state index contributed by atoms with van der Waals surface area (Å²) in [6.07, 6.45) is -2.01. The predicted molar refractivity (Wildman–Crippen MR) is 81.0 cm³/mol. The Labute approximate surface area is 132 Å². The molecule has 20 heavy (non-hydrogen) atoms. The number of carbonyl (C=O) groups excluding carboxylic acids is 1. The van der Waals surface area contributed by atoms with Crippen LogP contribution in [0.3, 0.4) is 0 Å². The van der Waals surface area contributed by atoms with Gasteiger partial charge in [-0.05, 0) is 38.0 Å². The number of aryl methyl sites for hydroxylation is 1. The van der Waals surface area contributed by atoms with E-state index in [-0.39, 0.29) is 30.3 Å². The van der Waals surface area contributed by atoms with E-state index in [4.69, 9.17) is 5.73 Å². The van der Waals surface area contributed by atoms with Crippen LogP contribution >= 0.6 is 28.3 Å². The summed E-state index contributed by atoms with van der Waals surface area (Å²) < 4.78 is 19.3. The van der Waals surface area contributed by atoms with Crippen molar-refractivity contribution < 1.29 is 19.0 Å². The maximum absolute atomic E-state index is 13.9. The smallest absolute Gasteiger partial charge is 0.342 e. The van der Waals surface area contributed by atoms with E-state index in [1.54, 1.807) is 20.8 Å². The molecule has 0 fully saturated rings. The van der Waals surface area contributed by atoms with Crippen molar-refractivity contribution in [2.24, 2.45) is 5.73 Å². The third kappa shape index (κ3) is 3.84. The SMILES string of the molecule is CCOC(=O)C(F)[C@@H](N)c1c(O)cc(C)c(Br)c1C.Cl. The molecule has 0 saturated heterocycles. The average molecular weight is 371 g/mol. The number of hydrogen-bond acceptors (Lipinski definition) is 4. The molecule has 0 aromatic heterocycles. The van der Waals surface area contributed by atoms with Crippen molar-refractivity contribution in [3.05, 3.63) is 27.2 Å². The topological polar surface area (TPSA) is 72.5 Å². The Morgan fingerprint density at radius 2 is 2.10 bits per heavy atom. The van der Waals surface area contributed by atoms with Crippen LogP contribution in [-0.4, -0.2) is 23.9 Å². The lowest BCUT2D eigenvalue weighted by atomic mass is 9.95. The van der Waals surface area contributed by atoms with E-state index in [0.717, 1.165) is 10.0 Å². The minimum atomic E-state index is -2.01. The van der Waals surface area contributed by atoms with Gasteiger partial charge < -0.3 is 15.6 Å². The molecule has 1 aromatic carbocycles. The third-order valence-corrected chi connectivity index (χ3v) is 4.09. The maximum Gasteiger partial charge on any atom is 0.342 e. The van der Waals surface area contributed by atoms with Crippen LogP contribution in [0.15, 0.2) is 10.5 Å². The molecule has 114 valence electrons. The van der Waals surface area contributed by atoms with Crippen LogP contribution in [0.25, 0.3) is 0 Å². The van der Waals surface area contributed by atoms with Crippen molar-refractivity contribution in [2.75, 3.05) is 6.61 Å². The van der Waals surface area contributed by atoms with Gasteiger partial charge in [0, 0.05) is 10.0 Å². The Bertz CT molecular complexity index is 499. The first-order valence-electron chi connectivity index (χ1n) is 5.86. The Kier molecular flexibility index (Phi) is 7.47. The highest BCUT2D eigenvalue weighted by molar-refractivity contribution is 9.10. The third-order valence-electron chi connectivity index (χ3n) is 2.87. The van der Waals surface area contributed by atoms with Crippen LogP contribution in [0.2, 0.25) is 0 Å². The number of aromatic hydroxyl groups is 1. The summed E-state index contributed by atoms with van der Waals surface area (Å²) in [6, 6.07) is 0.209. The number of nitrogens with two attached hydrogens (primary N) is 1.